The molecular formula is C25H48O3Si. The number of aliphatic hydroxyl groups excluding tert-OH is 1. The molecule has 0 saturated carbocycles. The van der Waals surface area contributed by atoms with E-state index < -0.39 is 14.4 Å². The highest BCUT2D eigenvalue weighted by molar-refractivity contribution is 6.77. The van der Waals surface area contributed by atoms with Gasteiger partial charge < -0.3 is 9.53 Å². The molecule has 0 aliphatic rings. The maximum atomic E-state index is 12.1. The summed E-state index contributed by atoms with van der Waals surface area (Å²) in [5.74, 6) is 0.142. The molecule has 3 nitrogen and oxygen atoms in total. The Morgan fingerprint density at radius 2 is 1.55 bits per heavy atom. The summed E-state index contributed by atoms with van der Waals surface area (Å²) in [6.07, 6.45) is 9.89. The van der Waals surface area contributed by atoms with E-state index >= 15 is 0 Å². The third kappa shape index (κ3) is 10.2. The van der Waals surface area contributed by atoms with E-state index in [1.807, 2.05) is 13.8 Å². The molecule has 0 amide bonds. The number of aliphatic hydroxyl groups is 1. The van der Waals surface area contributed by atoms with Gasteiger partial charge in [-0.25, -0.2) is 0 Å². The number of rotatable bonds is 15. The Morgan fingerprint density at radius 3 is 2.00 bits per heavy atom. The lowest BCUT2D eigenvalue weighted by atomic mass is 10.0. The fourth-order valence-electron chi connectivity index (χ4n) is 4.45. The van der Waals surface area contributed by atoms with E-state index in [1.165, 1.54) is 5.57 Å². The summed E-state index contributed by atoms with van der Waals surface area (Å²) in [6.45, 7) is 20.1. The molecule has 0 heterocycles. The van der Waals surface area contributed by atoms with Gasteiger partial charge in [-0.3, -0.25) is 4.79 Å². The monoisotopic (exact) mass is 424 g/mol. The summed E-state index contributed by atoms with van der Waals surface area (Å²) >= 11 is 0. The summed E-state index contributed by atoms with van der Waals surface area (Å²) in [7, 11) is -1.89. The first-order chi connectivity index (χ1) is 13.5. The van der Waals surface area contributed by atoms with Crippen molar-refractivity contribution >= 4 is 14.1 Å². The second kappa shape index (κ2) is 14.3. The Morgan fingerprint density at radius 1 is 1.00 bits per heavy atom. The van der Waals surface area contributed by atoms with Crippen LogP contribution in [0.1, 0.15) is 101 Å². The zero-order chi connectivity index (χ0) is 22.6. The van der Waals surface area contributed by atoms with E-state index in [0.717, 1.165) is 19.3 Å². The fourth-order valence-corrected chi connectivity index (χ4v) is 10.0. The number of ketones is 1. The molecule has 0 spiro atoms. The summed E-state index contributed by atoms with van der Waals surface area (Å²) < 4.78 is 6.83. The van der Waals surface area contributed by atoms with E-state index in [1.54, 1.807) is 0 Å². The van der Waals surface area contributed by atoms with Gasteiger partial charge in [-0.2, -0.15) is 0 Å². The molecule has 1 N–H and O–H groups in total. The number of carbonyl (C=O) groups excluding carboxylic acids is 1. The third-order valence-corrected chi connectivity index (χ3v) is 12.0. The van der Waals surface area contributed by atoms with Gasteiger partial charge in [0, 0.05) is 12.8 Å². The van der Waals surface area contributed by atoms with Crippen LogP contribution in [0.4, 0.5) is 0 Å². The Bertz CT molecular complexity index is 494. The maximum Gasteiger partial charge on any atom is 0.201 e. The molecule has 29 heavy (non-hydrogen) atoms. The van der Waals surface area contributed by atoms with Crippen molar-refractivity contribution in [3.63, 3.8) is 0 Å². The minimum atomic E-state index is -1.89. The van der Waals surface area contributed by atoms with Crippen LogP contribution in [0.15, 0.2) is 23.8 Å². The normalized spacial score (nSPS) is 14.8. The largest absolute Gasteiger partial charge is 0.410 e. The predicted molar refractivity (Wildman–Crippen MR) is 129 cm³/mol. The van der Waals surface area contributed by atoms with Crippen molar-refractivity contribution in [1.29, 1.82) is 0 Å². The molecule has 0 unspecified atom stereocenters. The third-order valence-electron chi connectivity index (χ3n) is 5.92. The quantitative estimate of drug-likeness (QED) is 0.221. The van der Waals surface area contributed by atoms with Gasteiger partial charge in [-0.05, 0) is 56.2 Å². The average Bonchev–Trinajstić information content (AvgIpc) is 2.59. The van der Waals surface area contributed by atoms with Crippen LogP contribution in [0.5, 0.6) is 0 Å². The number of hydrogen-bond donors (Lipinski definition) is 1. The maximum absolute atomic E-state index is 12.1. The molecule has 0 rings (SSSR count). The SMILES string of the molecule is CC[C@@H](C=CCCC(=O)C[C@H](O)CCC=C(C)C)O[Si](C(C)C)(C(C)C)C(C)C. The molecule has 0 aliphatic carbocycles. The zero-order valence-electron chi connectivity index (χ0n) is 20.6. The Balaban J connectivity index is 4.64. The predicted octanol–water partition coefficient (Wildman–Crippen LogP) is 7.36. The van der Waals surface area contributed by atoms with Crippen LogP contribution in [-0.4, -0.2) is 31.4 Å². The second-order valence-corrected chi connectivity index (χ2v) is 15.0. The molecule has 0 radical (unpaired) electrons. The van der Waals surface area contributed by atoms with E-state index in [2.05, 4.69) is 66.7 Å². The van der Waals surface area contributed by atoms with E-state index in [0.29, 0.717) is 29.5 Å². The molecule has 4 heteroatoms. The van der Waals surface area contributed by atoms with Crippen LogP contribution < -0.4 is 0 Å². The highest BCUT2D eigenvalue weighted by Crippen LogP contribution is 2.43. The summed E-state index contributed by atoms with van der Waals surface area (Å²) in [5.41, 5.74) is 2.96. The second-order valence-electron chi connectivity index (χ2n) is 9.60. The van der Waals surface area contributed by atoms with Gasteiger partial charge in [0.25, 0.3) is 0 Å². The van der Waals surface area contributed by atoms with Crippen molar-refractivity contribution in [1.82, 2.24) is 0 Å². The minimum absolute atomic E-state index is 0.124. The molecular weight excluding hydrogens is 376 g/mol. The van der Waals surface area contributed by atoms with Crippen molar-refractivity contribution < 1.29 is 14.3 Å². The van der Waals surface area contributed by atoms with Gasteiger partial charge in [-0.1, -0.05) is 72.3 Å². The van der Waals surface area contributed by atoms with Gasteiger partial charge >= 0.3 is 0 Å². The first-order valence-corrected chi connectivity index (χ1v) is 13.8. The van der Waals surface area contributed by atoms with Gasteiger partial charge in [0.1, 0.15) is 5.78 Å². The first kappa shape index (κ1) is 28.3. The lowest BCUT2D eigenvalue weighted by molar-refractivity contribution is -0.120. The topological polar surface area (TPSA) is 46.5 Å². The van der Waals surface area contributed by atoms with Gasteiger partial charge in [0.05, 0.1) is 12.2 Å². The summed E-state index contributed by atoms with van der Waals surface area (Å²) in [4.78, 5) is 12.1. The summed E-state index contributed by atoms with van der Waals surface area (Å²) in [6, 6.07) is 0. The van der Waals surface area contributed by atoms with Crippen LogP contribution in [-0.2, 0) is 9.22 Å². The molecule has 0 aromatic carbocycles. The van der Waals surface area contributed by atoms with Crippen molar-refractivity contribution in [2.75, 3.05) is 0 Å². The number of Topliss-reactive ketones (excluding diaryl/α,β-unsaturated/α-hetero) is 1. The van der Waals surface area contributed by atoms with Crippen molar-refractivity contribution in [3.8, 4) is 0 Å². The lowest BCUT2D eigenvalue weighted by Crippen LogP contribution is -2.49. The van der Waals surface area contributed by atoms with Gasteiger partial charge in [0.15, 0.2) is 0 Å². The van der Waals surface area contributed by atoms with Crippen molar-refractivity contribution in [3.05, 3.63) is 23.8 Å². The lowest BCUT2D eigenvalue weighted by Gasteiger charge is -2.44. The standard InChI is InChI=1S/C25H48O3Si/c1-10-25(28-29(20(4)5,21(6)7)22(8)9)17-12-11-15-23(26)18-24(27)16-13-14-19(2)3/h12,14,17,20-22,24-25,27H,10-11,13,15-16,18H2,1-9H3/t24-,25+/m1/s1. The Labute approximate surface area is 182 Å². The van der Waals surface area contributed by atoms with Crippen LogP contribution in [0.2, 0.25) is 16.6 Å². The number of carbonyl (C=O) groups is 1. The smallest absolute Gasteiger partial charge is 0.201 e. The minimum Gasteiger partial charge on any atom is -0.410 e. The average molecular weight is 425 g/mol. The molecule has 0 aromatic rings. The zero-order valence-corrected chi connectivity index (χ0v) is 21.6. The molecule has 2 atom stereocenters. The van der Waals surface area contributed by atoms with Gasteiger partial charge in [0.2, 0.25) is 8.32 Å². The van der Waals surface area contributed by atoms with Crippen LogP contribution in [0.25, 0.3) is 0 Å². The Kier molecular flexibility index (Phi) is 14.0. The summed E-state index contributed by atoms with van der Waals surface area (Å²) in [5, 5.41) is 10.0. The molecule has 0 saturated heterocycles. The van der Waals surface area contributed by atoms with Crippen LogP contribution in [0.3, 0.4) is 0 Å². The number of allylic oxidation sites excluding steroid dienone is 3. The molecule has 0 aliphatic heterocycles. The van der Waals surface area contributed by atoms with Crippen molar-refractivity contribution in [2.45, 2.75) is 130 Å². The molecule has 170 valence electrons. The van der Waals surface area contributed by atoms with Crippen molar-refractivity contribution in [2.24, 2.45) is 0 Å². The number of hydrogen-bond acceptors (Lipinski definition) is 3. The van der Waals surface area contributed by atoms with Crippen LogP contribution >= 0.6 is 0 Å². The molecule has 0 fully saturated rings. The Hall–Kier alpha value is -0.713. The highest BCUT2D eigenvalue weighted by Gasteiger charge is 2.46. The van der Waals surface area contributed by atoms with Crippen LogP contribution in [0, 0.1) is 0 Å². The van der Waals surface area contributed by atoms with Gasteiger partial charge in [-0.15, -0.1) is 0 Å². The highest BCUT2D eigenvalue weighted by atomic mass is 28.4. The molecule has 0 bridgehead atoms. The first-order valence-electron chi connectivity index (χ1n) is 11.6. The fraction of sp³-hybridized carbons (Fsp3) is 0.800. The molecule has 0 aromatic heterocycles. The van der Waals surface area contributed by atoms with E-state index in [9.17, 15) is 9.90 Å². The van der Waals surface area contributed by atoms with E-state index in [-0.39, 0.29) is 18.3 Å². The van der Waals surface area contributed by atoms with E-state index in [4.69, 9.17) is 4.43 Å².